The lowest BCUT2D eigenvalue weighted by Crippen LogP contribution is -2.43. The van der Waals surface area contributed by atoms with Gasteiger partial charge < -0.3 is 19.2 Å². The molecule has 4 nitrogen and oxygen atoms in total. The lowest BCUT2D eigenvalue weighted by Gasteiger charge is -2.35. The van der Waals surface area contributed by atoms with Gasteiger partial charge in [-0.05, 0) is 38.6 Å². The average Bonchev–Trinajstić information content (AvgIpc) is 3.20. The summed E-state index contributed by atoms with van der Waals surface area (Å²) >= 11 is 0. The zero-order valence-corrected chi connectivity index (χ0v) is 11.4. The quantitative estimate of drug-likeness (QED) is 0.485. The molecule has 1 atom stereocenters. The summed E-state index contributed by atoms with van der Waals surface area (Å²) in [6, 6.07) is 0. The van der Waals surface area contributed by atoms with E-state index < -0.39 is 0 Å². The molecule has 2 rings (SSSR count). The topological polar surface area (TPSA) is 38.8 Å². The normalized spacial score (nSPS) is 28.6. The molecule has 0 radical (unpaired) electrons. The highest BCUT2D eigenvalue weighted by molar-refractivity contribution is 5.60. The number of hydrogen-bond donors (Lipinski definition) is 0. The van der Waals surface area contributed by atoms with Crippen LogP contribution in [0, 0.1) is 11.3 Å². The van der Waals surface area contributed by atoms with Crippen molar-refractivity contribution in [2.75, 3.05) is 46.6 Å². The van der Waals surface area contributed by atoms with Gasteiger partial charge in [0.2, 0.25) is 0 Å². The van der Waals surface area contributed by atoms with Crippen LogP contribution in [0.1, 0.15) is 25.7 Å². The van der Waals surface area contributed by atoms with E-state index in [9.17, 15) is 4.79 Å². The summed E-state index contributed by atoms with van der Waals surface area (Å²) in [6.07, 6.45) is 5.70. The van der Waals surface area contributed by atoms with E-state index in [0.29, 0.717) is 6.61 Å². The molecule has 0 amide bonds. The van der Waals surface area contributed by atoms with E-state index in [-0.39, 0.29) is 5.41 Å². The maximum atomic E-state index is 11.3. The van der Waals surface area contributed by atoms with Gasteiger partial charge in [-0.3, -0.25) is 0 Å². The number of rotatable bonds is 8. The fourth-order valence-corrected chi connectivity index (χ4v) is 2.50. The molecule has 104 valence electrons. The monoisotopic (exact) mass is 255 g/mol. The molecule has 0 bridgehead atoms. The number of aldehydes is 1. The van der Waals surface area contributed by atoms with E-state index in [4.69, 9.17) is 9.47 Å². The zero-order chi connectivity index (χ0) is 12.8. The van der Waals surface area contributed by atoms with Gasteiger partial charge in [0, 0.05) is 26.3 Å². The Morgan fingerprint density at radius 1 is 1.50 bits per heavy atom. The molecule has 1 unspecified atom stereocenters. The van der Waals surface area contributed by atoms with Crippen molar-refractivity contribution in [1.82, 2.24) is 4.90 Å². The van der Waals surface area contributed by atoms with Crippen molar-refractivity contribution in [1.29, 1.82) is 0 Å². The summed E-state index contributed by atoms with van der Waals surface area (Å²) in [5.41, 5.74) is -0.288. The largest absolute Gasteiger partial charge is 0.380 e. The average molecular weight is 255 g/mol. The molecule has 1 saturated carbocycles. The van der Waals surface area contributed by atoms with Gasteiger partial charge in [0.05, 0.1) is 18.6 Å². The Labute approximate surface area is 110 Å². The molecule has 1 heterocycles. The van der Waals surface area contributed by atoms with Crippen molar-refractivity contribution in [3.63, 3.8) is 0 Å². The zero-order valence-electron chi connectivity index (χ0n) is 11.4. The van der Waals surface area contributed by atoms with Gasteiger partial charge in [-0.2, -0.15) is 0 Å². The van der Waals surface area contributed by atoms with Crippen LogP contribution >= 0.6 is 0 Å². The molecule has 1 saturated heterocycles. The molecule has 18 heavy (non-hydrogen) atoms. The Hall–Kier alpha value is -0.450. The van der Waals surface area contributed by atoms with E-state index in [0.717, 1.165) is 58.0 Å². The van der Waals surface area contributed by atoms with Gasteiger partial charge in [0.25, 0.3) is 0 Å². The molecule has 1 aliphatic carbocycles. The molecular weight excluding hydrogens is 230 g/mol. The maximum absolute atomic E-state index is 11.3. The lowest BCUT2D eigenvalue weighted by molar-refractivity contribution is -0.125. The van der Waals surface area contributed by atoms with Crippen LogP contribution in [0.25, 0.3) is 0 Å². The van der Waals surface area contributed by atoms with Crippen molar-refractivity contribution >= 4 is 6.29 Å². The molecule has 0 aromatic heterocycles. The minimum atomic E-state index is -0.288. The standard InChI is InChI=1S/C14H25NO3/c1-15(6-8-17-9-13-3-4-13)10-14(11-16)5-2-7-18-12-14/h11,13H,2-10,12H2,1H3. The highest BCUT2D eigenvalue weighted by Crippen LogP contribution is 2.29. The smallest absolute Gasteiger partial charge is 0.129 e. The molecular formula is C14H25NO3. The predicted molar refractivity (Wildman–Crippen MR) is 69.6 cm³/mol. The van der Waals surface area contributed by atoms with Crippen molar-refractivity contribution in [2.45, 2.75) is 25.7 Å². The Bertz CT molecular complexity index is 260. The summed E-state index contributed by atoms with van der Waals surface area (Å²) in [6.45, 7) is 4.72. The molecule has 0 N–H and O–H groups in total. The molecule has 0 aromatic rings. The number of ether oxygens (including phenoxy) is 2. The SMILES string of the molecule is CN(CCOCC1CC1)CC1(C=O)CCCOC1. The van der Waals surface area contributed by atoms with Crippen LogP contribution in [0.5, 0.6) is 0 Å². The maximum Gasteiger partial charge on any atom is 0.129 e. The Morgan fingerprint density at radius 3 is 2.94 bits per heavy atom. The lowest BCUT2D eigenvalue weighted by atomic mass is 9.83. The second kappa shape index (κ2) is 6.64. The van der Waals surface area contributed by atoms with Crippen LogP contribution < -0.4 is 0 Å². The Morgan fingerprint density at radius 2 is 2.33 bits per heavy atom. The summed E-state index contributed by atoms with van der Waals surface area (Å²) < 4.78 is 11.1. The van der Waals surface area contributed by atoms with Crippen LogP contribution in [0.3, 0.4) is 0 Å². The van der Waals surface area contributed by atoms with Gasteiger partial charge in [-0.1, -0.05) is 0 Å². The van der Waals surface area contributed by atoms with Crippen molar-refractivity contribution in [3.05, 3.63) is 0 Å². The van der Waals surface area contributed by atoms with Gasteiger partial charge in [-0.25, -0.2) is 0 Å². The van der Waals surface area contributed by atoms with Gasteiger partial charge >= 0.3 is 0 Å². The van der Waals surface area contributed by atoms with Crippen LogP contribution in [-0.4, -0.2) is 57.8 Å². The molecule has 0 aromatic carbocycles. The van der Waals surface area contributed by atoms with Crippen molar-refractivity contribution in [3.8, 4) is 0 Å². The van der Waals surface area contributed by atoms with Crippen LogP contribution in [0.2, 0.25) is 0 Å². The molecule has 4 heteroatoms. The van der Waals surface area contributed by atoms with E-state index in [1.54, 1.807) is 0 Å². The molecule has 2 aliphatic rings. The summed E-state index contributed by atoms with van der Waals surface area (Å²) in [5, 5.41) is 0. The van der Waals surface area contributed by atoms with Gasteiger partial charge in [0.15, 0.2) is 0 Å². The highest BCUT2D eigenvalue weighted by atomic mass is 16.5. The molecule has 2 fully saturated rings. The fourth-order valence-electron chi connectivity index (χ4n) is 2.50. The van der Waals surface area contributed by atoms with E-state index in [1.807, 2.05) is 0 Å². The predicted octanol–water partition coefficient (Wildman–Crippen LogP) is 1.34. The number of carbonyl (C=O) groups excluding carboxylic acids is 1. The summed E-state index contributed by atoms with van der Waals surface area (Å²) in [7, 11) is 2.06. The molecule has 0 spiro atoms. The Balaban J connectivity index is 1.64. The highest BCUT2D eigenvalue weighted by Gasteiger charge is 2.33. The van der Waals surface area contributed by atoms with Crippen molar-refractivity contribution in [2.24, 2.45) is 11.3 Å². The van der Waals surface area contributed by atoms with E-state index in [2.05, 4.69) is 11.9 Å². The Kier molecular flexibility index (Phi) is 5.15. The van der Waals surface area contributed by atoms with E-state index in [1.165, 1.54) is 12.8 Å². The summed E-state index contributed by atoms with van der Waals surface area (Å²) in [4.78, 5) is 13.5. The van der Waals surface area contributed by atoms with E-state index >= 15 is 0 Å². The number of likely N-dealkylation sites (N-methyl/N-ethyl adjacent to an activating group) is 1. The first-order valence-electron chi connectivity index (χ1n) is 7.04. The number of hydrogen-bond acceptors (Lipinski definition) is 4. The summed E-state index contributed by atoms with van der Waals surface area (Å²) in [5.74, 6) is 0.823. The minimum absolute atomic E-state index is 0.288. The molecule has 1 aliphatic heterocycles. The number of nitrogens with zero attached hydrogens (tertiary/aromatic N) is 1. The van der Waals surface area contributed by atoms with Gasteiger partial charge in [-0.15, -0.1) is 0 Å². The first-order chi connectivity index (χ1) is 8.74. The van der Waals surface area contributed by atoms with Crippen LogP contribution in [-0.2, 0) is 14.3 Å². The number of carbonyl (C=O) groups is 1. The fraction of sp³-hybridized carbons (Fsp3) is 0.929. The second-order valence-corrected chi connectivity index (χ2v) is 5.89. The first-order valence-corrected chi connectivity index (χ1v) is 7.04. The van der Waals surface area contributed by atoms with Gasteiger partial charge in [0.1, 0.15) is 6.29 Å². The van der Waals surface area contributed by atoms with Crippen LogP contribution in [0.15, 0.2) is 0 Å². The van der Waals surface area contributed by atoms with Crippen molar-refractivity contribution < 1.29 is 14.3 Å². The second-order valence-electron chi connectivity index (χ2n) is 5.89. The van der Waals surface area contributed by atoms with Crippen LogP contribution in [0.4, 0.5) is 0 Å². The third-order valence-electron chi connectivity index (χ3n) is 3.86. The minimum Gasteiger partial charge on any atom is -0.380 e. The third-order valence-corrected chi connectivity index (χ3v) is 3.86. The first kappa shape index (κ1) is 14.0. The third kappa shape index (κ3) is 4.34.